The Morgan fingerprint density at radius 2 is 1.86 bits per heavy atom. The van der Waals surface area contributed by atoms with Crippen LogP contribution in [0.25, 0.3) is 18.1 Å². The van der Waals surface area contributed by atoms with Gasteiger partial charge in [-0.25, -0.2) is 0 Å². The Kier molecular flexibility index (Phi) is 4.05. The van der Waals surface area contributed by atoms with Gasteiger partial charge in [0.25, 0.3) is 0 Å². The Hall–Kier alpha value is -3.34. The van der Waals surface area contributed by atoms with Crippen molar-refractivity contribution in [3.63, 3.8) is 0 Å². The summed E-state index contributed by atoms with van der Waals surface area (Å²) in [5.74, 6) is 1.19. The lowest BCUT2D eigenvalue weighted by Crippen LogP contribution is -2.49. The number of fused-ring (bicyclic) bond motifs is 4. The summed E-state index contributed by atoms with van der Waals surface area (Å²) in [6.45, 7) is 5.46. The number of likely N-dealkylation sites (tertiary alicyclic amines) is 1. The van der Waals surface area contributed by atoms with Gasteiger partial charge in [-0.05, 0) is 54.5 Å². The molecule has 1 saturated heterocycles. The standard InChI is InChI=1S/C24H25N3O2/c1-17-5-7-18(8-6-17)23(28)26-14-11-24(12-15-26)22-4-3-13-27(22)21-10-9-19(29-2)16-20(21)25-24/h3-10,13,16,25,28H,1,11-12,14-15H2,2H3. The van der Waals surface area contributed by atoms with E-state index in [2.05, 4.69) is 51.8 Å². The van der Waals surface area contributed by atoms with Gasteiger partial charge in [0, 0.05) is 36.3 Å². The van der Waals surface area contributed by atoms with Crippen LogP contribution in [-0.4, -0.2) is 34.8 Å². The van der Waals surface area contributed by atoms with Crippen LogP contribution >= 0.6 is 0 Å². The van der Waals surface area contributed by atoms with Crippen LogP contribution in [0.2, 0.25) is 0 Å². The minimum absolute atomic E-state index is 0.156. The summed E-state index contributed by atoms with van der Waals surface area (Å²) in [7, 11) is 1.69. The highest BCUT2D eigenvalue weighted by Crippen LogP contribution is 2.44. The highest BCUT2D eigenvalue weighted by molar-refractivity contribution is 5.69. The highest BCUT2D eigenvalue weighted by Gasteiger charge is 2.42. The van der Waals surface area contributed by atoms with Crippen molar-refractivity contribution in [1.82, 2.24) is 9.47 Å². The number of hydrogen-bond donors (Lipinski definition) is 2. The Balaban J connectivity index is 1.47. The third-order valence-electron chi connectivity index (χ3n) is 6.20. The zero-order valence-corrected chi connectivity index (χ0v) is 16.6. The molecule has 0 saturated carbocycles. The number of aliphatic hydroxyl groups is 1. The molecule has 1 fully saturated rings. The fraction of sp³-hybridized carbons (Fsp3) is 0.250. The molecule has 1 spiro atoms. The number of nitrogens with one attached hydrogen (secondary N) is 1. The van der Waals surface area contributed by atoms with E-state index in [-0.39, 0.29) is 5.54 Å². The molecular weight excluding hydrogens is 362 g/mol. The normalized spacial score (nSPS) is 16.7. The zero-order chi connectivity index (χ0) is 20.0. The highest BCUT2D eigenvalue weighted by atomic mass is 16.5. The monoisotopic (exact) mass is 387 g/mol. The van der Waals surface area contributed by atoms with Gasteiger partial charge in [0.2, 0.25) is 0 Å². The van der Waals surface area contributed by atoms with Crippen molar-refractivity contribution in [1.29, 1.82) is 0 Å². The number of piperidine rings is 1. The first-order valence-electron chi connectivity index (χ1n) is 9.97. The predicted octanol–water partition coefficient (Wildman–Crippen LogP) is 2.94. The van der Waals surface area contributed by atoms with Crippen LogP contribution < -0.4 is 20.5 Å². The van der Waals surface area contributed by atoms with Gasteiger partial charge in [-0.2, -0.15) is 0 Å². The molecule has 1 aromatic heterocycles. The molecule has 0 aliphatic carbocycles. The lowest BCUT2D eigenvalue weighted by Gasteiger charge is -2.46. The second kappa shape index (κ2) is 6.62. The van der Waals surface area contributed by atoms with Gasteiger partial charge < -0.3 is 24.6 Å². The van der Waals surface area contributed by atoms with Crippen LogP contribution in [0.15, 0.2) is 60.8 Å². The first-order chi connectivity index (χ1) is 14.1. The minimum atomic E-state index is -0.156. The first kappa shape index (κ1) is 17.7. The number of nitrogens with zero attached hydrogens (tertiary/aromatic N) is 2. The quantitative estimate of drug-likeness (QED) is 0.710. The zero-order valence-electron chi connectivity index (χ0n) is 16.6. The summed E-state index contributed by atoms with van der Waals surface area (Å²) in [4.78, 5) is 2.07. The molecule has 29 heavy (non-hydrogen) atoms. The van der Waals surface area contributed by atoms with E-state index in [1.807, 2.05) is 30.3 Å². The van der Waals surface area contributed by atoms with Crippen LogP contribution in [0.1, 0.15) is 18.5 Å². The van der Waals surface area contributed by atoms with Crippen LogP contribution in [0, 0.1) is 0 Å². The topological polar surface area (TPSA) is 49.7 Å². The second-order valence-electron chi connectivity index (χ2n) is 7.86. The molecule has 0 radical (unpaired) electrons. The fourth-order valence-corrected chi connectivity index (χ4v) is 4.57. The van der Waals surface area contributed by atoms with Crippen LogP contribution in [0.5, 0.6) is 5.75 Å². The molecule has 3 heterocycles. The van der Waals surface area contributed by atoms with E-state index in [1.54, 1.807) is 7.11 Å². The Morgan fingerprint density at radius 3 is 2.59 bits per heavy atom. The van der Waals surface area contributed by atoms with Gasteiger partial charge in [-0.3, -0.25) is 0 Å². The van der Waals surface area contributed by atoms with Crippen molar-refractivity contribution in [2.75, 3.05) is 25.5 Å². The lowest BCUT2D eigenvalue weighted by atomic mass is 9.82. The summed E-state index contributed by atoms with van der Waals surface area (Å²) in [5.41, 5.74) is 3.34. The molecule has 0 atom stereocenters. The van der Waals surface area contributed by atoms with Gasteiger partial charge in [0.1, 0.15) is 5.75 Å². The third kappa shape index (κ3) is 2.85. The van der Waals surface area contributed by atoms with Crippen molar-refractivity contribution >= 4 is 18.1 Å². The molecule has 2 aromatic carbocycles. The molecule has 3 aromatic rings. The average Bonchev–Trinajstić information content (AvgIpc) is 3.25. The number of aliphatic hydroxyl groups excluding tert-OH is 1. The Labute approximate surface area is 170 Å². The summed E-state index contributed by atoms with van der Waals surface area (Å²) in [6, 6.07) is 18.2. The van der Waals surface area contributed by atoms with E-state index in [9.17, 15) is 5.11 Å². The molecule has 0 bridgehead atoms. The molecule has 2 aliphatic rings. The van der Waals surface area contributed by atoms with E-state index in [0.717, 1.165) is 53.5 Å². The molecule has 0 amide bonds. The number of anilines is 1. The van der Waals surface area contributed by atoms with Crippen molar-refractivity contribution in [3.05, 3.63) is 76.9 Å². The van der Waals surface area contributed by atoms with Crippen LogP contribution in [0.4, 0.5) is 5.69 Å². The van der Waals surface area contributed by atoms with Crippen LogP contribution in [-0.2, 0) is 5.54 Å². The number of aromatic nitrogens is 1. The molecule has 0 unspecified atom stereocenters. The number of ether oxygens (including phenoxy) is 1. The summed E-state index contributed by atoms with van der Waals surface area (Å²) < 4.78 is 7.71. The summed E-state index contributed by atoms with van der Waals surface area (Å²) in [5, 5.41) is 16.4. The van der Waals surface area contributed by atoms with Gasteiger partial charge in [0.05, 0.1) is 24.0 Å². The van der Waals surface area contributed by atoms with E-state index >= 15 is 0 Å². The van der Waals surface area contributed by atoms with Crippen molar-refractivity contribution in [2.45, 2.75) is 18.4 Å². The molecule has 5 heteroatoms. The molecule has 2 N–H and O–H groups in total. The smallest absolute Gasteiger partial charge is 0.194 e. The SMILES string of the molecule is C=c1ccc(=C(O)N2CCC3(CC2)Nc2cc(OC)ccc2-n2cccc23)cc1. The van der Waals surface area contributed by atoms with E-state index in [0.29, 0.717) is 5.88 Å². The van der Waals surface area contributed by atoms with Crippen LogP contribution in [0.3, 0.4) is 0 Å². The van der Waals surface area contributed by atoms with E-state index in [4.69, 9.17) is 4.74 Å². The maximum atomic E-state index is 10.8. The van der Waals surface area contributed by atoms with Gasteiger partial charge in [0.15, 0.2) is 5.88 Å². The van der Waals surface area contributed by atoms with Crippen molar-refractivity contribution < 1.29 is 9.84 Å². The minimum Gasteiger partial charge on any atom is -0.497 e. The lowest BCUT2D eigenvalue weighted by molar-refractivity contribution is 0.188. The fourth-order valence-electron chi connectivity index (χ4n) is 4.57. The van der Waals surface area contributed by atoms with Gasteiger partial charge in [-0.15, -0.1) is 0 Å². The first-order valence-corrected chi connectivity index (χ1v) is 9.97. The number of hydrogen-bond acceptors (Lipinski definition) is 4. The van der Waals surface area contributed by atoms with E-state index < -0.39 is 0 Å². The number of benzene rings is 2. The van der Waals surface area contributed by atoms with E-state index in [1.165, 1.54) is 5.69 Å². The molecular formula is C24H25N3O2. The molecule has 5 nitrogen and oxygen atoms in total. The maximum Gasteiger partial charge on any atom is 0.194 e. The second-order valence-corrected chi connectivity index (χ2v) is 7.86. The number of methoxy groups -OCH3 is 1. The van der Waals surface area contributed by atoms with Crippen molar-refractivity contribution in [2.24, 2.45) is 0 Å². The largest absolute Gasteiger partial charge is 0.497 e. The molecule has 5 rings (SSSR count). The molecule has 148 valence electrons. The van der Waals surface area contributed by atoms with Crippen molar-refractivity contribution in [3.8, 4) is 11.4 Å². The summed E-state index contributed by atoms with van der Waals surface area (Å²) in [6.07, 6.45) is 3.91. The Morgan fingerprint density at radius 1 is 1.10 bits per heavy atom. The number of rotatable bonds is 2. The average molecular weight is 387 g/mol. The maximum absolute atomic E-state index is 10.8. The van der Waals surface area contributed by atoms with Gasteiger partial charge >= 0.3 is 0 Å². The van der Waals surface area contributed by atoms with Gasteiger partial charge in [-0.1, -0.05) is 18.7 Å². The Bertz CT molecular complexity index is 1150. The molecule has 2 aliphatic heterocycles. The third-order valence-corrected chi connectivity index (χ3v) is 6.20. The summed E-state index contributed by atoms with van der Waals surface area (Å²) >= 11 is 0. The predicted molar refractivity (Wildman–Crippen MR) is 116 cm³/mol.